The predicted molar refractivity (Wildman–Crippen MR) is 60.1 cm³/mol. The monoisotopic (exact) mass is 216 g/mol. The van der Waals surface area contributed by atoms with E-state index in [4.69, 9.17) is 5.84 Å². The molecule has 3 N–H and O–H groups in total. The van der Waals surface area contributed by atoms with Crippen molar-refractivity contribution in [3.63, 3.8) is 0 Å². The summed E-state index contributed by atoms with van der Waals surface area (Å²) in [5.74, 6) is 5.55. The highest BCUT2D eigenvalue weighted by Crippen LogP contribution is 2.17. The Morgan fingerprint density at radius 2 is 1.79 bits per heavy atom. The van der Waals surface area contributed by atoms with E-state index in [9.17, 15) is 5.11 Å². The molecule has 0 unspecified atom stereocenters. The van der Waals surface area contributed by atoms with E-state index in [0.717, 1.165) is 5.56 Å². The highest BCUT2D eigenvalue weighted by Gasteiger charge is 2.17. The summed E-state index contributed by atoms with van der Waals surface area (Å²) in [4.78, 5) is 0. The van der Waals surface area contributed by atoms with Gasteiger partial charge in [0.05, 0.1) is 12.1 Å². The first-order valence-corrected chi connectivity index (χ1v) is 4.33. The van der Waals surface area contributed by atoms with Crippen LogP contribution in [0.1, 0.15) is 18.6 Å². The van der Waals surface area contributed by atoms with Gasteiger partial charge in [0.15, 0.2) is 0 Å². The van der Waals surface area contributed by atoms with Crippen LogP contribution in [0.15, 0.2) is 30.3 Å². The van der Waals surface area contributed by atoms with E-state index in [2.05, 4.69) is 0 Å². The van der Waals surface area contributed by atoms with Crippen LogP contribution in [0.25, 0.3) is 0 Å². The van der Waals surface area contributed by atoms with E-state index >= 15 is 0 Å². The topological polar surface area (TPSA) is 49.5 Å². The maximum atomic E-state index is 9.84. The summed E-state index contributed by atoms with van der Waals surface area (Å²) in [7, 11) is 1.75. The molecule has 0 amide bonds. The molecule has 0 bridgehead atoms. The van der Waals surface area contributed by atoms with Gasteiger partial charge in [0, 0.05) is 7.05 Å². The summed E-state index contributed by atoms with van der Waals surface area (Å²) in [5.41, 5.74) is 0.896. The Balaban J connectivity index is 0.00000169. The third-order valence-corrected chi connectivity index (χ3v) is 2.24. The van der Waals surface area contributed by atoms with Gasteiger partial charge in [-0.3, -0.25) is 5.84 Å². The average molecular weight is 217 g/mol. The van der Waals surface area contributed by atoms with Gasteiger partial charge in [-0.05, 0) is 12.5 Å². The van der Waals surface area contributed by atoms with Crippen molar-refractivity contribution in [2.75, 3.05) is 7.05 Å². The van der Waals surface area contributed by atoms with Gasteiger partial charge in [-0.1, -0.05) is 30.3 Å². The molecular weight excluding hydrogens is 200 g/mol. The molecule has 80 valence electrons. The van der Waals surface area contributed by atoms with Crippen LogP contribution in [0.5, 0.6) is 0 Å². The van der Waals surface area contributed by atoms with E-state index in [1.165, 1.54) is 5.01 Å². The number of nitrogens with zero attached hydrogens (tertiary/aromatic N) is 1. The van der Waals surface area contributed by atoms with Crippen LogP contribution < -0.4 is 5.84 Å². The highest BCUT2D eigenvalue weighted by atomic mass is 35.5. The summed E-state index contributed by atoms with van der Waals surface area (Å²) in [6.45, 7) is 1.89. The highest BCUT2D eigenvalue weighted by molar-refractivity contribution is 5.85. The van der Waals surface area contributed by atoms with Crippen molar-refractivity contribution in [2.24, 2.45) is 5.84 Å². The molecule has 1 rings (SSSR count). The van der Waals surface area contributed by atoms with Gasteiger partial charge in [0.2, 0.25) is 0 Å². The van der Waals surface area contributed by atoms with Crippen LogP contribution >= 0.6 is 12.4 Å². The minimum atomic E-state index is -0.531. The Bertz CT molecular complexity index is 254. The van der Waals surface area contributed by atoms with Crippen molar-refractivity contribution in [1.82, 2.24) is 5.01 Å². The van der Waals surface area contributed by atoms with Crippen molar-refractivity contribution in [3.05, 3.63) is 35.9 Å². The number of rotatable bonds is 3. The molecule has 0 saturated heterocycles. The van der Waals surface area contributed by atoms with Crippen molar-refractivity contribution in [3.8, 4) is 0 Å². The number of aliphatic hydroxyl groups is 1. The summed E-state index contributed by atoms with van der Waals surface area (Å²) < 4.78 is 0. The second kappa shape index (κ2) is 5.98. The summed E-state index contributed by atoms with van der Waals surface area (Å²) in [6.07, 6.45) is -0.531. The predicted octanol–water partition coefficient (Wildman–Crippen LogP) is 1.34. The zero-order valence-electron chi connectivity index (χ0n) is 8.42. The first kappa shape index (κ1) is 13.4. The Hall–Kier alpha value is -0.610. The van der Waals surface area contributed by atoms with Crippen molar-refractivity contribution in [1.29, 1.82) is 0 Å². The lowest BCUT2D eigenvalue weighted by atomic mass is 10.0. The first-order chi connectivity index (χ1) is 6.13. The normalized spacial score (nSPS) is 14.6. The van der Waals surface area contributed by atoms with Crippen LogP contribution in [0.2, 0.25) is 0 Å². The molecule has 1 aromatic rings. The molecule has 0 heterocycles. The molecule has 1 aromatic carbocycles. The number of aliphatic hydroxyl groups excluding tert-OH is 1. The molecule has 0 aliphatic carbocycles. The van der Waals surface area contributed by atoms with Crippen LogP contribution in [0.4, 0.5) is 0 Å². The van der Waals surface area contributed by atoms with Crippen LogP contribution in [-0.2, 0) is 0 Å². The lowest BCUT2D eigenvalue weighted by Gasteiger charge is -2.24. The fraction of sp³-hybridized carbons (Fsp3) is 0.400. The summed E-state index contributed by atoms with van der Waals surface area (Å²) >= 11 is 0. The summed E-state index contributed by atoms with van der Waals surface area (Å²) in [6, 6.07) is 9.44. The Kier molecular flexibility index (Phi) is 5.72. The number of halogens is 1. The minimum absolute atomic E-state index is 0. The SMILES string of the molecule is C[C@@H]([C@H](O)c1ccccc1)N(C)N.Cl. The lowest BCUT2D eigenvalue weighted by Crippen LogP contribution is -2.39. The Morgan fingerprint density at radius 3 is 2.21 bits per heavy atom. The molecule has 0 saturated carbocycles. The van der Waals surface area contributed by atoms with Crippen molar-refractivity contribution < 1.29 is 5.11 Å². The number of hydrogen-bond acceptors (Lipinski definition) is 3. The standard InChI is InChI=1S/C10H16N2O.ClH/c1-8(12(2)11)10(13)9-6-4-3-5-7-9;/h3-8,10,13H,11H2,1-2H3;1H/t8-,10-;/m0./s1. The largest absolute Gasteiger partial charge is 0.387 e. The second-order valence-corrected chi connectivity index (χ2v) is 3.26. The fourth-order valence-electron chi connectivity index (χ4n) is 1.15. The van der Waals surface area contributed by atoms with Crippen LogP contribution in [0.3, 0.4) is 0 Å². The van der Waals surface area contributed by atoms with Crippen molar-refractivity contribution >= 4 is 12.4 Å². The third kappa shape index (κ3) is 3.27. The molecule has 0 aliphatic rings. The molecule has 0 radical (unpaired) electrons. The molecule has 0 spiro atoms. The Morgan fingerprint density at radius 1 is 1.29 bits per heavy atom. The van der Waals surface area contributed by atoms with E-state index in [1.807, 2.05) is 37.3 Å². The zero-order chi connectivity index (χ0) is 9.84. The number of likely N-dealkylation sites (N-methyl/N-ethyl adjacent to an activating group) is 1. The number of hydrazine groups is 1. The molecule has 0 aliphatic heterocycles. The van der Waals surface area contributed by atoms with Gasteiger partial charge >= 0.3 is 0 Å². The molecule has 3 nitrogen and oxygen atoms in total. The zero-order valence-corrected chi connectivity index (χ0v) is 9.24. The fourth-order valence-corrected chi connectivity index (χ4v) is 1.15. The maximum absolute atomic E-state index is 9.84. The lowest BCUT2D eigenvalue weighted by molar-refractivity contribution is 0.0729. The minimum Gasteiger partial charge on any atom is -0.387 e. The second-order valence-electron chi connectivity index (χ2n) is 3.26. The van der Waals surface area contributed by atoms with Gasteiger partial charge in [0.1, 0.15) is 0 Å². The summed E-state index contributed by atoms with van der Waals surface area (Å²) in [5, 5.41) is 11.3. The van der Waals surface area contributed by atoms with Gasteiger partial charge < -0.3 is 5.11 Å². The number of nitrogens with two attached hydrogens (primary N) is 1. The number of benzene rings is 1. The van der Waals surface area contributed by atoms with E-state index in [1.54, 1.807) is 7.05 Å². The first-order valence-electron chi connectivity index (χ1n) is 4.33. The smallest absolute Gasteiger partial charge is 0.0956 e. The van der Waals surface area contributed by atoms with Crippen LogP contribution in [0, 0.1) is 0 Å². The van der Waals surface area contributed by atoms with E-state index < -0.39 is 6.10 Å². The van der Waals surface area contributed by atoms with Crippen molar-refractivity contribution in [2.45, 2.75) is 19.1 Å². The molecule has 14 heavy (non-hydrogen) atoms. The van der Waals surface area contributed by atoms with Gasteiger partial charge in [-0.2, -0.15) is 0 Å². The molecule has 4 heteroatoms. The molecular formula is C10H17ClN2O. The van der Waals surface area contributed by atoms with E-state index in [-0.39, 0.29) is 18.4 Å². The van der Waals surface area contributed by atoms with Gasteiger partial charge in [0.25, 0.3) is 0 Å². The molecule has 2 atom stereocenters. The third-order valence-electron chi connectivity index (χ3n) is 2.24. The van der Waals surface area contributed by atoms with E-state index in [0.29, 0.717) is 0 Å². The number of hydrogen-bond donors (Lipinski definition) is 2. The maximum Gasteiger partial charge on any atom is 0.0956 e. The quantitative estimate of drug-likeness (QED) is 0.592. The van der Waals surface area contributed by atoms with Crippen LogP contribution in [-0.4, -0.2) is 23.2 Å². The average Bonchev–Trinajstić information content (AvgIpc) is 2.17. The van der Waals surface area contributed by atoms with Gasteiger partial charge in [-0.25, -0.2) is 5.01 Å². The molecule has 0 aromatic heterocycles. The Labute approximate surface area is 90.9 Å². The van der Waals surface area contributed by atoms with Gasteiger partial charge in [-0.15, -0.1) is 12.4 Å². The molecule has 0 fully saturated rings.